The molecule has 0 aromatic heterocycles. The van der Waals surface area contributed by atoms with Crippen molar-refractivity contribution in [3.8, 4) is 0 Å². The summed E-state index contributed by atoms with van der Waals surface area (Å²) in [5.41, 5.74) is 0.515. The van der Waals surface area contributed by atoms with Gasteiger partial charge < -0.3 is 28.4 Å². The van der Waals surface area contributed by atoms with Crippen LogP contribution in [0.1, 0.15) is 51.8 Å². The first-order chi connectivity index (χ1) is 27.3. The highest BCUT2D eigenvalue weighted by Crippen LogP contribution is 2.33. The average Bonchev–Trinajstić information content (AvgIpc) is 3.19. The lowest BCUT2D eigenvalue weighted by Crippen LogP contribution is -2.63. The summed E-state index contributed by atoms with van der Waals surface area (Å²) in [5.74, 6) is -4.41. The molecular formula is C41H27Br5O11. The molecule has 5 atom stereocenters. The summed E-state index contributed by atoms with van der Waals surface area (Å²) in [6.45, 7) is -0.607. The third kappa shape index (κ3) is 11.3. The fourth-order valence-corrected chi connectivity index (χ4v) is 7.57. The predicted octanol–water partition coefficient (Wildman–Crippen LogP) is 9.91. The molecule has 1 aliphatic heterocycles. The largest absolute Gasteiger partial charge is 0.459 e. The van der Waals surface area contributed by atoms with Crippen LogP contribution in [0, 0.1) is 0 Å². The van der Waals surface area contributed by atoms with Gasteiger partial charge in [-0.15, -0.1) is 0 Å². The van der Waals surface area contributed by atoms with Crippen molar-refractivity contribution in [3.05, 3.63) is 172 Å². The molecular weight excluding hydrogens is 1070 g/mol. The molecule has 0 saturated carbocycles. The first-order valence-electron chi connectivity index (χ1n) is 16.8. The van der Waals surface area contributed by atoms with Crippen LogP contribution in [-0.2, 0) is 28.4 Å². The van der Waals surface area contributed by atoms with Crippen LogP contribution in [0.3, 0.4) is 0 Å². The van der Waals surface area contributed by atoms with Crippen LogP contribution in [-0.4, -0.2) is 67.2 Å². The highest BCUT2D eigenvalue weighted by atomic mass is 79.9. The molecule has 0 spiro atoms. The van der Waals surface area contributed by atoms with Gasteiger partial charge in [-0.1, -0.05) is 110 Å². The molecule has 16 heteroatoms. The Bertz CT molecular complexity index is 2320. The van der Waals surface area contributed by atoms with E-state index in [1.54, 1.807) is 60.7 Å². The Labute approximate surface area is 367 Å². The van der Waals surface area contributed by atoms with Gasteiger partial charge in [0.05, 0.1) is 27.8 Å². The van der Waals surface area contributed by atoms with Crippen LogP contribution in [0.4, 0.5) is 0 Å². The Morgan fingerprint density at radius 2 is 0.737 bits per heavy atom. The molecule has 5 aromatic rings. The van der Waals surface area contributed by atoms with Gasteiger partial charge in [-0.2, -0.15) is 0 Å². The van der Waals surface area contributed by atoms with Gasteiger partial charge in [-0.05, 0) is 91.0 Å². The molecule has 0 amide bonds. The maximum atomic E-state index is 14.0. The van der Waals surface area contributed by atoms with Gasteiger partial charge in [-0.3, -0.25) is 0 Å². The summed E-state index contributed by atoms with van der Waals surface area (Å²) in [4.78, 5) is 68.7. The quantitative estimate of drug-likeness (QED) is 0.0922. The lowest BCUT2D eigenvalue weighted by molar-refractivity contribution is -0.282. The third-order valence-corrected chi connectivity index (χ3v) is 10.7. The molecule has 1 heterocycles. The minimum absolute atomic E-state index is 0.0744. The van der Waals surface area contributed by atoms with Crippen molar-refractivity contribution >= 4 is 109 Å². The minimum atomic E-state index is -1.82. The van der Waals surface area contributed by atoms with Crippen LogP contribution >= 0.6 is 79.6 Å². The molecule has 0 radical (unpaired) electrons. The van der Waals surface area contributed by atoms with Gasteiger partial charge in [0, 0.05) is 22.4 Å². The molecule has 57 heavy (non-hydrogen) atoms. The number of carbonyl (C=O) groups is 5. The molecule has 1 fully saturated rings. The topological polar surface area (TPSA) is 141 Å². The van der Waals surface area contributed by atoms with E-state index in [2.05, 4.69) is 79.6 Å². The first kappa shape index (κ1) is 42.4. The van der Waals surface area contributed by atoms with E-state index in [0.717, 1.165) is 0 Å². The normalized spacial score (nSPS) is 18.8. The summed E-state index contributed by atoms with van der Waals surface area (Å²) in [5, 5.41) is 0. The van der Waals surface area contributed by atoms with Crippen molar-refractivity contribution < 1.29 is 52.4 Å². The number of hydrogen-bond donors (Lipinski definition) is 0. The van der Waals surface area contributed by atoms with E-state index in [0.29, 0.717) is 22.4 Å². The fraction of sp³-hybridized carbons (Fsp3) is 0.146. The number of benzene rings is 5. The summed E-state index contributed by atoms with van der Waals surface area (Å²) in [6.07, 6.45) is -8.42. The molecule has 11 nitrogen and oxygen atoms in total. The number of esters is 5. The Balaban J connectivity index is 1.45. The number of halogens is 5. The number of hydrogen-bond acceptors (Lipinski definition) is 11. The van der Waals surface area contributed by atoms with Crippen LogP contribution < -0.4 is 0 Å². The Morgan fingerprint density at radius 3 is 1.11 bits per heavy atom. The van der Waals surface area contributed by atoms with Gasteiger partial charge in [0.15, 0.2) is 12.2 Å². The van der Waals surface area contributed by atoms with Crippen LogP contribution in [0.5, 0.6) is 0 Å². The average molecular weight is 1100 g/mol. The zero-order valence-corrected chi connectivity index (χ0v) is 37.0. The van der Waals surface area contributed by atoms with E-state index in [1.165, 1.54) is 60.7 Å². The second-order valence-electron chi connectivity index (χ2n) is 12.2. The standard InChI is InChI=1S/C41H27Br5O11/c42-27-11-1-6-22(16-27)36(47)52-21-32-33(54-37(48)23-7-2-12-28(43)17-23)34(55-38(49)24-8-3-13-29(44)18-24)35(56-39(50)25-9-4-14-30(45)19-25)41(53-32)57-40(51)26-10-5-15-31(46)20-26/h1-20,32-35,41H,21H2/t32-,33-,34+,35-,41?/m1/s1. The van der Waals surface area contributed by atoms with Crippen molar-refractivity contribution in [3.63, 3.8) is 0 Å². The zero-order valence-electron chi connectivity index (χ0n) is 29.0. The highest BCUT2D eigenvalue weighted by Gasteiger charge is 2.55. The molecule has 0 bridgehead atoms. The summed E-state index contributed by atoms with van der Waals surface area (Å²) in [7, 11) is 0. The summed E-state index contributed by atoms with van der Waals surface area (Å²) < 4.78 is 38.8. The van der Waals surface area contributed by atoms with E-state index in [9.17, 15) is 24.0 Å². The van der Waals surface area contributed by atoms with Gasteiger partial charge in [0.1, 0.15) is 12.7 Å². The van der Waals surface area contributed by atoms with E-state index in [1.807, 2.05) is 0 Å². The second-order valence-corrected chi connectivity index (χ2v) is 16.8. The zero-order chi connectivity index (χ0) is 40.6. The van der Waals surface area contributed by atoms with Crippen LogP contribution in [0.15, 0.2) is 144 Å². The van der Waals surface area contributed by atoms with Crippen LogP contribution in [0.2, 0.25) is 0 Å². The third-order valence-electron chi connectivity index (χ3n) is 8.22. The molecule has 1 saturated heterocycles. The maximum absolute atomic E-state index is 14.0. The smallest absolute Gasteiger partial charge is 0.340 e. The van der Waals surface area contributed by atoms with Gasteiger partial charge in [0.2, 0.25) is 12.4 Å². The molecule has 1 unspecified atom stereocenters. The Morgan fingerprint density at radius 1 is 0.421 bits per heavy atom. The fourth-order valence-electron chi connectivity index (χ4n) is 5.58. The Kier molecular flexibility index (Phi) is 14.5. The van der Waals surface area contributed by atoms with E-state index in [-0.39, 0.29) is 27.8 Å². The number of ether oxygens (including phenoxy) is 6. The molecule has 0 N–H and O–H groups in total. The van der Waals surface area contributed by atoms with Gasteiger partial charge in [-0.25, -0.2) is 24.0 Å². The minimum Gasteiger partial charge on any atom is -0.459 e. The predicted molar refractivity (Wildman–Crippen MR) is 223 cm³/mol. The molecule has 0 aliphatic carbocycles. The molecule has 5 aromatic carbocycles. The molecule has 6 rings (SSSR count). The van der Waals surface area contributed by atoms with Crippen molar-refractivity contribution in [1.82, 2.24) is 0 Å². The summed E-state index contributed by atoms with van der Waals surface area (Å²) in [6, 6.07) is 31.6. The van der Waals surface area contributed by atoms with E-state index in [4.69, 9.17) is 28.4 Å². The van der Waals surface area contributed by atoms with Crippen molar-refractivity contribution in [2.75, 3.05) is 6.61 Å². The lowest BCUT2D eigenvalue weighted by atomic mass is 9.97. The van der Waals surface area contributed by atoms with E-state index >= 15 is 0 Å². The van der Waals surface area contributed by atoms with Crippen molar-refractivity contribution in [1.29, 1.82) is 0 Å². The highest BCUT2D eigenvalue weighted by molar-refractivity contribution is 9.11. The second kappa shape index (κ2) is 19.5. The van der Waals surface area contributed by atoms with Crippen LogP contribution in [0.25, 0.3) is 0 Å². The van der Waals surface area contributed by atoms with Gasteiger partial charge >= 0.3 is 29.8 Å². The monoisotopic (exact) mass is 1090 g/mol. The SMILES string of the molecule is O=C(OC[C@H]1OC(OC(=O)c2cccc(Br)c2)[C@H](OC(=O)c2cccc(Br)c2)[C@@H](OC(=O)c2cccc(Br)c2)[C@@H]1OC(=O)c1cccc(Br)c1)c1cccc(Br)c1. The van der Waals surface area contributed by atoms with E-state index < -0.39 is 67.2 Å². The van der Waals surface area contributed by atoms with Crippen molar-refractivity contribution in [2.24, 2.45) is 0 Å². The number of carbonyl (C=O) groups excluding carboxylic acids is 5. The molecule has 292 valence electrons. The lowest BCUT2D eigenvalue weighted by Gasteiger charge is -2.43. The van der Waals surface area contributed by atoms with Crippen molar-refractivity contribution in [2.45, 2.75) is 30.7 Å². The Hall–Kier alpha value is -4.19. The maximum Gasteiger partial charge on any atom is 0.340 e. The summed E-state index contributed by atoms with van der Waals surface area (Å²) >= 11 is 16.7. The van der Waals surface area contributed by atoms with Gasteiger partial charge in [0.25, 0.3) is 0 Å². The molecule has 1 aliphatic rings. The first-order valence-corrected chi connectivity index (χ1v) is 20.8. The number of rotatable bonds is 11.